The lowest BCUT2D eigenvalue weighted by atomic mass is 10.2. The largest absolute Gasteiger partial charge is 0.503 e. The SMILES string of the molecule is CCOc1cc(/C=N/NC(=O)COc2ccc(Cl)cc2Cl)c(Br)c(Br)c1O. The van der Waals surface area contributed by atoms with Crippen molar-refractivity contribution in [1.82, 2.24) is 5.43 Å². The number of aromatic hydroxyl groups is 1. The first-order valence-electron chi connectivity index (χ1n) is 7.57. The maximum absolute atomic E-state index is 11.9. The number of amides is 1. The Hall–Kier alpha value is -1.48. The molecule has 0 heterocycles. The lowest BCUT2D eigenvalue weighted by molar-refractivity contribution is -0.123. The second kappa shape index (κ2) is 10.2. The van der Waals surface area contributed by atoms with Crippen molar-refractivity contribution < 1.29 is 19.4 Å². The maximum atomic E-state index is 11.9. The molecule has 144 valence electrons. The number of phenols is 1. The zero-order valence-corrected chi connectivity index (χ0v) is 18.6. The monoisotopic (exact) mass is 538 g/mol. The highest BCUT2D eigenvalue weighted by Gasteiger charge is 2.14. The lowest BCUT2D eigenvalue weighted by Gasteiger charge is -2.11. The smallest absolute Gasteiger partial charge is 0.277 e. The van der Waals surface area contributed by atoms with Crippen LogP contribution in [-0.2, 0) is 4.79 Å². The van der Waals surface area contributed by atoms with E-state index in [2.05, 4.69) is 42.4 Å². The van der Waals surface area contributed by atoms with Crippen LogP contribution in [0.1, 0.15) is 12.5 Å². The highest BCUT2D eigenvalue weighted by Crippen LogP contribution is 2.41. The van der Waals surface area contributed by atoms with Gasteiger partial charge in [0.2, 0.25) is 0 Å². The van der Waals surface area contributed by atoms with Crippen LogP contribution in [0.25, 0.3) is 0 Å². The first-order chi connectivity index (χ1) is 12.8. The number of rotatable bonds is 7. The molecule has 10 heteroatoms. The summed E-state index contributed by atoms with van der Waals surface area (Å²) in [4.78, 5) is 11.9. The lowest BCUT2D eigenvalue weighted by Crippen LogP contribution is -2.24. The quantitative estimate of drug-likeness (QED) is 0.376. The molecule has 0 spiro atoms. The molecule has 0 atom stereocenters. The summed E-state index contributed by atoms with van der Waals surface area (Å²) in [5, 5.41) is 14.7. The molecule has 0 aliphatic heterocycles. The van der Waals surface area contributed by atoms with E-state index in [1.165, 1.54) is 12.3 Å². The Bertz CT molecular complexity index is 878. The normalized spacial score (nSPS) is 10.9. The Balaban J connectivity index is 1.99. The van der Waals surface area contributed by atoms with E-state index in [4.69, 9.17) is 32.7 Å². The number of hydrazone groups is 1. The third-order valence-corrected chi connectivity index (χ3v) is 5.81. The number of phenolic OH excluding ortho intramolecular Hbond substituents is 1. The molecule has 0 aromatic heterocycles. The van der Waals surface area contributed by atoms with Gasteiger partial charge < -0.3 is 14.6 Å². The van der Waals surface area contributed by atoms with E-state index >= 15 is 0 Å². The third kappa shape index (κ3) is 6.00. The van der Waals surface area contributed by atoms with Crippen molar-refractivity contribution in [3.63, 3.8) is 0 Å². The predicted octanol–water partition coefficient (Wildman–Crippen LogP) is 5.15. The van der Waals surface area contributed by atoms with Crippen LogP contribution in [0.5, 0.6) is 17.2 Å². The molecule has 27 heavy (non-hydrogen) atoms. The number of hydrogen-bond acceptors (Lipinski definition) is 5. The van der Waals surface area contributed by atoms with Gasteiger partial charge in [0.15, 0.2) is 18.1 Å². The molecule has 0 unspecified atom stereocenters. The van der Waals surface area contributed by atoms with E-state index in [0.717, 1.165) is 0 Å². The van der Waals surface area contributed by atoms with Gasteiger partial charge in [-0.2, -0.15) is 5.10 Å². The molecule has 2 N–H and O–H groups in total. The van der Waals surface area contributed by atoms with Crippen LogP contribution in [0.2, 0.25) is 10.0 Å². The molecule has 0 bridgehead atoms. The summed E-state index contributed by atoms with van der Waals surface area (Å²) in [6.45, 7) is 1.92. The minimum Gasteiger partial charge on any atom is -0.503 e. The number of halogens is 4. The standard InChI is InChI=1S/C17H14Br2Cl2N2O4/c1-2-26-13-5-9(15(18)16(19)17(13)25)7-22-23-14(24)8-27-12-4-3-10(20)6-11(12)21/h3-7,25H,2,8H2,1H3,(H,23,24)/b22-7+. The van der Waals surface area contributed by atoms with Gasteiger partial charge in [-0.05, 0) is 63.0 Å². The molecule has 2 aromatic carbocycles. The van der Waals surface area contributed by atoms with Gasteiger partial charge in [0, 0.05) is 15.1 Å². The molecular formula is C17H14Br2Cl2N2O4. The molecule has 0 fully saturated rings. The second-order valence-electron chi connectivity index (χ2n) is 5.03. The third-order valence-electron chi connectivity index (χ3n) is 3.12. The fraction of sp³-hybridized carbons (Fsp3) is 0.176. The summed E-state index contributed by atoms with van der Waals surface area (Å²) in [7, 11) is 0. The van der Waals surface area contributed by atoms with Gasteiger partial charge in [0.1, 0.15) is 5.75 Å². The maximum Gasteiger partial charge on any atom is 0.277 e. The van der Waals surface area contributed by atoms with Crippen LogP contribution in [0.3, 0.4) is 0 Å². The van der Waals surface area contributed by atoms with Crippen LogP contribution in [0, 0.1) is 0 Å². The van der Waals surface area contributed by atoms with Crippen LogP contribution in [-0.4, -0.2) is 30.4 Å². The molecular weight excluding hydrogens is 527 g/mol. The number of nitrogens with zero attached hydrogens (tertiary/aromatic N) is 1. The van der Waals surface area contributed by atoms with Gasteiger partial charge in [-0.25, -0.2) is 5.43 Å². The average molecular weight is 541 g/mol. The highest BCUT2D eigenvalue weighted by molar-refractivity contribution is 9.13. The molecule has 0 aliphatic carbocycles. The van der Waals surface area contributed by atoms with Crippen LogP contribution >= 0.6 is 55.1 Å². The number of ether oxygens (including phenoxy) is 2. The first-order valence-corrected chi connectivity index (χ1v) is 9.91. The van der Waals surface area contributed by atoms with Crippen LogP contribution < -0.4 is 14.9 Å². The Labute approximate surface area is 182 Å². The molecule has 2 aromatic rings. The summed E-state index contributed by atoms with van der Waals surface area (Å²) in [6, 6.07) is 6.29. The minimum atomic E-state index is -0.476. The zero-order valence-electron chi connectivity index (χ0n) is 13.9. The van der Waals surface area contributed by atoms with Crippen molar-refractivity contribution in [3.05, 3.63) is 48.8 Å². The van der Waals surface area contributed by atoms with E-state index in [9.17, 15) is 9.90 Å². The van der Waals surface area contributed by atoms with E-state index < -0.39 is 5.91 Å². The summed E-state index contributed by atoms with van der Waals surface area (Å²) in [5.41, 5.74) is 2.93. The Morgan fingerprint density at radius 2 is 1.96 bits per heavy atom. The van der Waals surface area contributed by atoms with Crippen molar-refractivity contribution in [3.8, 4) is 17.2 Å². The second-order valence-corrected chi connectivity index (χ2v) is 7.46. The first kappa shape index (κ1) is 21.8. The van der Waals surface area contributed by atoms with Crippen molar-refractivity contribution in [1.29, 1.82) is 0 Å². The van der Waals surface area contributed by atoms with Crippen molar-refractivity contribution in [2.24, 2.45) is 5.10 Å². The minimum absolute atomic E-state index is 0.0295. The van der Waals surface area contributed by atoms with Crippen LogP contribution in [0.15, 0.2) is 38.3 Å². The van der Waals surface area contributed by atoms with Gasteiger partial charge in [-0.3, -0.25) is 4.79 Å². The fourth-order valence-corrected chi connectivity index (χ4v) is 3.20. The number of nitrogens with one attached hydrogen (secondary N) is 1. The Morgan fingerprint density at radius 3 is 2.63 bits per heavy atom. The van der Waals surface area contributed by atoms with Crippen molar-refractivity contribution in [2.45, 2.75) is 6.92 Å². The van der Waals surface area contributed by atoms with E-state index in [1.807, 2.05) is 0 Å². The van der Waals surface area contributed by atoms with Crippen molar-refractivity contribution in [2.75, 3.05) is 13.2 Å². The topological polar surface area (TPSA) is 80.2 Å². The van der Waals surface area contributed by atoms with Gasteiger partial charge in [-0.15, -0.1) is 0 Å². The Morgan fingerprint density at radius 1 is 1.22 bits per heavy atom. The zero-order chi connectivity index (χ0) is 20.0. The number of benzene rings is 2. The van der Waals surface area contributed by atoms with Gasteiger partial charge >= 0.3 is 0 Å². The van der Waals surface area contributed by atoms with Crippen LogP contribution in [0.4, 0.5) is 0 Å². The molecule has 2 rings (SSSR count). The van der Waals surface area contributed by atoms with Gasteiger partial charge in [-0.1, -0.05) is 23.2 Å². The molecule has 0 saturated carbocycles. The molecule has 1 amide bonds. The van der Waals surface area contributed by atoms with Gasteiger partial charge in [0.25, 0.3) is 5.91 Å². The summed E-state index contributed by atoms with van der Waals surface area (Å²) >= 11 is 18.4. The molecule has 0 aliphatic rings. The number of carbonyl (C=O) groups is 1. The number of carbonyl (C=O) groups excluding carboxylic acids is 1. The highest BCUT2D eigenvalue weighted by atomic mass is 79.9. The van der Waals surface area contributed by atoms with E-state index in [0.29, 0.717) is 42.7 Å². The predicted molar refractivity (Wildman–Crippen MR) is 112 cm³/mol. The van der Waals surface area contributed by atoms with Gasteiger partial charge in [0.05, 0.1) is 22.3 Å². The summed E-state index contributed by atoms with van der Waals surface area (Å²) in [5.74, 6) is 0.127. The number of hydrogen-bond donors (Lipinski definition) is 2. The van der Waals surface area contributed by atoms with E-state index in [1.54, 1.807) is 25.1 Å². The summed E-state index contributed by atoms with van der Waals surface area (Å²) in [6.07, 6.45) is 1.41. The Kier molecular flexibility index (Phi) is 8.22. The molecule has 0 saturated heterocycles. The molecule has 6 nitrogen and oxygen atoms in total. The van der Waals surface area contributed by atoms with E-state index in [-0.39, 0.29) is 12.4 Å². The fourth-order valence-electron chi connectivity index (χ4n) is 1.91. The summed E-state index contributed by atoms with van der Waals surface area (Å²) < 4.78 is 11.7. The molecule has 0 radical (unpaired) electrons. The average Bonchev–Trinajstić information content (AvgIpc) is 2.63. The van der Waals surface area contributed by atoms with Crippen molar-refractivity contribution >= 4 is 67.2 Å².